The van der Waals surface area contributed by atoms with Crippen molar-refractivity contribution in [3.8, 4) is 0 Å². The summed E-state index contributed by atoms with van der Waals surface area (Å²) >= 11 is 9.13. The Labute approximate surface area is 154 Å². The third-order valence-electron chi connectivity index (χ3n) is 2.90. The number of carbonyl (C=O) groups excluding carboxylic acids is 2. The van der Waals surface area contributed by atoms with Crippen LogP contribution in [0, 0.1) is 0 Å². The van der Waals surface area contributed by atoms with E-state index in [1.165, 1.54) is 6.20 Å². The Hall–Kier alpha value is -1.76. The van der Waals surface area contributed by atoms with E-state index in [1.54, 1.807) is 36.5 Å². The minimum atomic E-state index is -0.489. The van der Waals surface area contributed by atoms with Gasteiger partial charge in [-0.05, 0) is 67.0 Å². The molecule has 1 aromatic carbocycles. The lowest BCUT2D eigenvalue weighted by molar-refractivity contribution is 0.0452. The number of rotatable bonds is 3. The van der Waals surface area contributed by atoms with Crippen molar-refractivity contribution in [1.82, 2.24) is 15.4 Å². The third kappa shape index (κ3) is 4.87. The Morgan fingerprint density at radius 3 is 2.21 bits per heavy atom. The second kappa shape index (κ2) is 7.42. The van der Waals surface area contributed by atoms with Gasteiger partial charge >= 0.3 is 0 Å². The zero-order valence-electron chi connectivity index (χ0n) is 13.5. The topological polar surface area (TPSA) is 62.3 Å². The van der Waals surface area contributed by atoms with Gasteiger partial charge in [-0.25, -0.2) is 10.4 Å². The predicted octanol–water partition coefficient (Wildman–Crippen LogP) is 4.08. The molecule has 0 radical (unpaired) electrons. The molecule has 2 amide bonds. The lowest BCUT2D eigenvalue weighted by Gasteiger charge is -2.30. The van der Waals surface area contributed by atoms with Crippen LogP contribution in [-0.2, 0) is 0 Å². The summed E-state index contributed by atoms with van der Waals surface area (Å²) in [7, 11) is 0. The second-order valence-electron chi connectivity index (χ2n) is 6.21. The first kappa shape index (κ1) is 18.6. The summed E-state index contributed by atoms with van der Waals surface area (Å²) in [4.78, 5) is 29.6. The Morgan fingerprint density at radius 1 is 1.08 bits per heavy atom. The van der Waals surface area contributed by atoms with Crippen LogP contribution in [-0.4, -0.2) is 27.3 Å². The molecule has 0 spiro atoms. The molecular formula is C17H17BrClN3O2. The molecule has 5 nitrogen and oxygen atoms in total. The highest BCUT2D eigenvalue weighted by molar-refractivity contribution is 9.10. The number of pyridine rings is 1. The van der Waals surface area contributed by atoms with Crippen molar-refractivity contribution < 1.29 is 9.59 Å². The fraction of sp³-hybridized carbons (Fsp3) is 0.235. The minimum Gasteiger partial charge on any atom is -0.267 e. The summed E-state index contributed by atoms with van der Waals surface area (Å²) in [6.45, 7) is 5.59. The molecule has 24 heavy (non-hydrogen) atoms. The molecule has 0 bridgehead atoms. The first-order chi connectivity index (χ1) is 11.2. The van der Waals surface area contributed by atoms with Crippen LogP contribution < -0.4 is 5.43 Å². The maximum atomic E-state index is 12.8. The molecule has 0 fully saturated rings. The van der Waals surface area contributed by atoms with Crippen LogP contribution in [0.3, 0.4) is 0 Å². The van der Waals surface area contributed by atoms with Crippen molar-refractivity contribution in [3.63, 3.8) is 0 Å². The van der Waals surface area contributed by atoms with E-state index in [0.717, 1.165) is 5.01 Å². The molecule has 7 heteroatoms. The van der Waals surface area contributed by atoms with Crippen LogP contribution in [0.25, 0.3) is 0 Å². The molecule has 0 saturated heterocycles. The van der Waals surface area contributed by atoms with Crippen molar-refractivity contribution >= 4 is 39.3 Å². The van der Waals surface area contributed by atoms with Crippen LogP contribution in [0.4, 0.5) is 0 Å². The number of amides is 2. The predicted molar refractivity (Wildman–Crippen MR) is 96.8 cm³/mol. The summed E-state index contributed by atoms with van der Waals surface area (Å²) in [5.41, 5.74) is 3.11. The fourth-order valence-corrected chi connectivity index (χ4v) is 2.40. The lowest BCUT2D eigenvalue weighted by Crippen LogP contribution is -2.54. The average Bonchev–Trinajstić information content (AvgIpc) is 2.51. The van der Waals surface area contributed by atoms with E-state index in [0.29, 0.717) is 20.6 Å². The third-order valence-corrected chi connectivity index (χ3v) is 3.58. The highest BCUT2D eigenvalue weighted by atomic mass is 79.9. The zero-order chi connectivity index (χ0) is 17.9. The van der Waals surface area contributed by atoms with Crippen molar-refractivity contribution in [2.24, 2.45) is 0 Å². The quantitative estimate of drug-likeness (QED) is 0.612. The number of nitrogens with zero attached hydrogens (tertiary/aromatic N) is 2. The number of carbonyl (C=O) groups is 2. The van der Waals surface area contributed by atoms with Crippen LogP contribution in [0.2, 0.25) is 5.02 Å². The van der Waals surface area contributed by atoms with Gasteiger partial charge in [0.25, 0.3) is 11.8 Å². The Morgan fingerprint density at radius 2 is 1.67 bits per heavy atom. The number of halogens is 2. The van der Waals surface area contributed by atoms with Gasteiger partial charge in [-0.15, -0.1) is 0 Å². The molecule has 0 unspecified atom stereocenters. The first-order valence-corrected chi connectivity index (χ1v) is 8.37. The molecular weight excluding hydrogens is 394 g/mol. The Balaban J connectivity index is 2.39. The highest BCUT2D eigenvalue weighted by Crippen LogP contribution is 2.16. The van der Waals surface area contributed by atoms with Gasteiger partial charge in [0.1, 0.15) is 0 Å². The van der Waals surface area contributed by atoms with E-state index < -0.39 is 17.4 Å². The Bertz CT molecular complexity index is 757. The highest BCUT2D eigenvalue weighted by Gasteiger charge is 2.28. The molecule has 2 aromatic rings. The Kier molecular flexibility index (Phi) is 5.74. The van der Waals surface area contributed by atoms with Gasteiger partial charge in [-0.1, -0.05) is 11.6 Å². The monoisotopic (exact) mass is 409 g/mol. The smallest absolute Gasteiger partial charge is 0.267 e. The molecule has 0 aliphatic heterocycles. The molecule has 1 heterocycles. The van der Waals surface area contributed by atoms with Gasteiger partial charge in [-0.3, -0.25) is 14.6 Å². The van der Waals surface area contributed by atoms with Gasteiger partial charge in [0.15, 0.2) is 0 Å². The molecule has 0 aliphatic rings. The molecule has 2 rings (SSSR count). The van der Waals surface area contributed by atoms with E-state index in [9.17, 15) is 9.59 Å². The summed E-state index contributed by atoms with van der Waals surface area (Å²) in [6.07, 6.45) is 2.99. The number of nitrogens with one attached hydrogen (secondary N) is 1. The molecule has 1 aromatic heterocycles. The average molecular weight is 411 g/mol. The largest absolute Gasteiger partial charge is 0.276 e. The number of hydrazine groups is 1. The van der Waals surface area contributed by atoms with Gasteiger partial charge in [0.2, 0.25) is 0 Å². The number of hydrogen-bond donors (Lipinski definition) is 1. The van der Waals surface area contributed by atoms with Crippen LogP contribution in [0.1, 0.15) is 41.5 Å². The van der Waals surface area contributed by atoms with E-state index >= 15 is 0 Å². The summed E-state index contributed by atoms with van der Waals surface area (Å²) in [6, 6.07) is 7.98. The number of benzene rings is 1. The summed E-state index contributed by atoms with van der Waals surface area (Å²) in [5.74, 6) is -0.953. The van der Waals surface area contributed by atoms with Gasteiger partial charge in [0, 0.05) is 33.0 Å². The SMILES string of the molecule is CC(C)(C)NN(C(=O)c1ccc(Cl)cc1)C(=O)c1cncc(Br)c1. The van der Waals surface area contributed by atoms with Crippen molar-refractivity contribution in [3.05, 3.63) is 63.3 Å². The zero-order valence-corrected chi connectivity index (χ0v) is 15.9. The molecule has 1 N–H and O–H groups in total. The van der Waals surface area contributed by atoms with Gasteiger partial charge in [-0.2, -0.15) is 0 Å². The maximum Gasteiger partial charge on any atom is 0.276 e. The van der Waals surface area contributed by atoms with Crippen LogP contribution in [0.5, 0.6) is 0 Å². The van der Waals surface area contributed by atoms with E-state index in [1.807, 2.05) is 20.8 Å². The summed E-state index contributed by atoms with van der Waals surface area (Å²) < 4.78 is 0.656. The van der Waals surface area contributed by atoms with E-state index in [4.69, 9.17) is 11.6 Å². The van der Waals surface area contributed by atoms with Gasteiger partial charge < -0.3 is 0 Å². The normalized spacial score (nSPS) is 11.2. The standard InChI is InChI=1S/C17H17BrClN3O2/c1-17(2,3)21-22(15(23)11-4-6-14(19)7-5-11)16(24)12-8-13(18)10-20-9-12/h4-10,21H,1-3H3. The van der Waals surface area contributed by atoms with Crippen LogP contribution >= 0.6 is 27.5 Å². The number of imide groups is 1. The molecule has 0 atom stereocenters. The maximum absolute atomic E-state index is 12.8. The van der Waals surface area contributed by atoms with Crippen molar-refractivity contribution in [1.29, 1.82) is 0 Å². The molecule has 0 aliphatic carbocycles. The molecule has 0 saturated carbocycles. The van der Waals surface area contributed by atoms with Crippen LogP contribution in [0.15, 0.2) is 47.2 Å². The minimum absolute atomic E-state index is 0.295. The fourth-order valence-electron chi connectivity index (χ4n) is 1.91. The number of hydrogen-bond acceptors (Lipinski definition) is 4. The molecule has 126 valence electrons. The lowest BCUT2D eigenvalue weighted by atomic mass is 10.1. The van der Waals surface area contributed by atoms with Crippen molar-refractivity contribution in [2.75, 3.05) is 0 Å². The first-order valence-electron chi connectivity index (χ1n) is 7.20. The van der Waals surface area contributed by atoms with Crippen molar-refractivity contribution in [2.45, 2.75) is 26.3 Å². The van der Waals surface area contributed by atoms with Gasteiger partial charge in [0.05, 0.1) is 5.56 Å². The second-order valence-corrected chi connectivity index (χ2v) is 7.56. The van der Waals surface area contributed by atoms with E-state index in [2.05, 4.69) is 26.3 Å². The summed E-state index contributed by atoms with van der Waals surface area (Å²) in [5, 5.41) is 1.52. The van der Waals surface area contributed by atoms with E-state index in [-0.39, 0.29) is 0 Å². The number of aromatic nitrogens is 1.